The second-order valence-corrected chi connectivity index (χ2v) is 7.48. The zero-order chi connectivity index (χ0) is 19.0. The molecule has 0 aromatic heterocycles. The SMILES string of the molecule is CC(C)(C)OC(=O)N[C@@H](Cc1ccccc1)[C@H](C=O)OC1CCCCO1. The van der Waals surface area contributed by atoms with Crippen LogP contribution in [0.3, 0.4) is 0 Å². The Bertz CT molecular complexity index is 563. The van der Waals surface area contributed by atoms with Gasteiger partial charge in [0.15, 0.2) is 12.6 Å². The molecule has 1 saturated heterocycles. The van der Waals surface area contributed by atoms with Crippen molar-refractivity contribution in [1.29, 1.82) is 0 Å². The highest BCUT2D eigenvalue weighted by Crippen LogP contribution is 2.18. The third-order valence-electron chi connectivity index (χ3n) is 3.98. The second-order valence-electron chi connectivity index (χ2n) is 7.48. The minimum absolute atomic E-state index is 0.419. The van der Waals surface area contributed by atoms with E-state index >= 15 is 0 Å². The van der Waals surface area contributed by atoms with Crippen LogP contribution in [0.1, 0.15) is 45.6 Å². The Kier molecular flexibility index (Phi) is 7.60. The number of amides is 1. The van der Waals surface area contributed by atoms with E-state index in [4.69, 9.17) is 14.2 Å². The van der Waals surface area contributed by atoms with Gasteiger partial charge >= 0.3 is 6.09 Å². The van der Waals surface area contributed by atoms with Gasteiger partial charge in [0.05, 0.1) is 6.04 Å². The maximum Gasteiger partial charge on any atom is 0.407 e. The average Bonchev–Trinajstić information content (AvgIpc) is 2.59. The maximum absolute atomic E-state index is 12.2. The van der Waals surface area contributed by atoms with Crippen LogP contribution in [0.25, 0.3) is 0 Å². The first-order valence-electron chi connectivity index (χ1n) is 9.13. The lowest BCUT2D eigenvalue weighted by molar-refractivity contribution is -0.191. The summed E-state index contributed by atoms with van der Waals surface area (Å²) in [7, 11) is 0. The van der Waals surface area contributed by atoms with Gasteiger partial charge in [0.1, 0.15) is 11.7 Å². The number of rotatable bonds is 7. The normalized spacial score (nSPS) is 20.0. The Balaban J connectivity index is 2.08. The molecular weight excluding hydrogens is 334 g/mol. The van der Waals surface area contributed by atoms with Crippen molar-refractivity contribution in [3.05, 3.63) is 35.9 Å². The number of carbonyl (C=O) groups is 2. The van der Waals surface area contributed by atoms with Gasteiger partial charge in [-0.3, -0.25) is 0 Å². The Morgan fingerprint density at radius 3 is 2.62 bits per heavy atom. The molecule has 0 bridgehead atoms. The van der Waals surface area contributed by atoms with E-state index in [0.29, 0.717) is 13.0 Å². The molecule has 1 heterocycles. The fourth-order valence-electron chi connectivity index (χ4n) is 2.79. The van der Waals surface area contributed by atoms with Crippen LogP contribution in [-0.2, 0) is 25.4 Å². The van der Waals surface area contributed by atoms with Crippen LogP contribution in [0.2, 0.25) is 0 Å². The van der Waals surface area contributed by atoms with Gasteiger partial charge in [-0.25, -0.2) is 4.79 Å². The molecule has 1 aromatic rings. The molecule has 1 aliphatic rings. The summed E-state index contributed by atoms with van der Waals surface area (Å²) in [6.07, 6.45) is 2.12. The monoisotopic (exact) mass is 363 g/mol. The molecule has 1 aliphatic heterocycles. The smallest absolute Gasteiger partial charge is 0.407 e. The molecule has 0 radical (unpaired) electrons. The minimum Gasteiger partial charge on any atom is -0.444 e. The van der Waals surface area contributed by atoms with Crippen molar-refractivity contribution in [2.45, 2.75) is 70.5 Å². The topological polar surface area (TPSA) is 73.9 Å². The van der Waals surface area contributed by atoms with E-state index in [9.17, 15) is 9.59 Å². The summed E-state index contributed by atoms with van der Waals surface area (Å²) in [5, 5.41) is 2.79. The van der Waals surface area contributed by atoms with Crippen LogP contribution in [0.5, 0.6) is 0 Å². The van der Waals surface area contributed by atoms with E-state index in [1.54, 1.807) is 20.8 Å². The molecule has 1 fully saturated rings. The molecule has 0 spiro atoms. The first-order chi connectivity index (χ1) is 12.4. The molecule has 6 nitrogen and oxygen atoms in total. The first kappa shape index (κ1) is 20.4. The fourth-order valence-corrected chi connectivity index (χ4v) is 2.79. The third-order valence-corrected chi connectivity index (χ3v) is 3.98. The van der Waals surface area contributed by atoms with Crippen molar-refractivity contribution in [3.63, 3.8) is 0 Å². The van der Waals surface area contributed by atoms with E-state index in [-0.39, 0.29) is 0 Å². The highest BCUT2D eigenvalue weighted by Gasteiger charge is 2.29. The summed E-state index contributed by atoms with van der Waals surface area (Å²) in [4.78, 5) is 23.9. The van der Waals surface area contributed by atoms with Crippen molar-refractivity contribution in [1.82, 2.24) is 5.32 Å². The average molecular weight is 363 g/mol. The highest BCUT2D eigenvalue weighted by molar-refractivity contribution is 5.69. The number of ether oxygens (including phenoxy) is 3. The van der Waals surface area contributed by atoms with Gasteiger partial charge in [-0.1, -0.05) is 30.3 Å². The van der Waals surface area contributed by atoms with Gasteiger partial charge in [-0.2, -0.15) is 0 Å². The predicted molar refractivity (Wildman–Crippen MR) is 97.8 cm³/mol. The zero-order valence-electron chi connectivity index (χ0n) is 15.8. The van der Waals surface area contributed by atoms with Gasteiger partial charge in [0.25, 0.3) is 0 Å². The van der Waals surface area contributed by atoms with Crippen molar-refractivity contribution < 1.29 is 23.8 Å². The van der Waals surface area contributed by atoms with Crippen LogP contribution < -0.4 is 5.32 Å². The Morgan fingerprint density at radius 2 is 2.04 bits per heavy atom. The predicted octanol–water partition coefficient (Wildman–Crippen LogP) is 3.23. The number of nitrogens with one attached hydrogen (secondary N) is 1. The second kappa shape index (κ2) is 9.69. The molecule has 144 valence electrons. The van der Waals surface area contributed by atoms with E-state index in [1.807, 2.05) is 30.3 Å². The van der Waals surface area contributed by atoms with E-state index in [1.165, 1.54) is 0 Å². The Morgan fingerprint density at radius 1 is 1.31 bits per heavy atom. The van der Waals surface area contributed by atoms with Crippen molar-refractivity contribution in [2.75, 3.05) is 6.61 Å². The molecule has 1 aromatic carbocycles. The molecule has 3 atom stereocenters. The van der Waals surface area contributed by atoms with Gasteiger partial charge in [0, 0.05) is 6.61 Å². The van der Waals surface area contributed by atoms with Crippen molar-refractivity contribution in [2.24, 2.45) is 0 Å². The maximum atomic E-state index is 12.2. The zero-order valence-corrected chi connectivity index (χ0v) is 15.8. The standard InChI is InChI=1S/C20H29NO5/c1-20(2,3)26-19(23)21-16(13-15-9-5-4-6-10-15)17(14-22)25-18-11-7-8-12-24-18/h4-6,9-10,14,16-18H,7-8,11-13H2,1-3H3,(H,21,23)/t16-,17-,18?/m0/s1. The van der Waals surface area contributed by atoms with E-state index in [0.717, 1.165) is 31.1 Å². The quantitative estimate of drug-likeness (QED) is 0.753. The van der Waals surface area contributed by atoms with Crippen LogP contribution >= 0.6 is 0 Å². The summed E-state index contributed by atoms with van der Waals surface area (Å²) in [5.74, 6) is 0. The Hall–Kier alpha value is -1.92. The molecule has 6 heteroatoms. The van der Waals surface area contributed by atoms with Gasteiger partial charge < -0.3 is 24.3 Å². The van der Waals surface area contributed by atoms with Gasteiger partial charge in [0.2, 0.25) is 0 Å². The van der Waals surface area contributed by atoms with Crippen molar-refractivity contribution in [3.8, 4) is 0 Å². The third kappa shape index (κ3) is 7.14. The van der Waals surface area contributed by atoms with Gasteiger partial charge in [-0.15, -0.1) is 0 Å². The molecule has 2 rings (SSSR count). The molecule has 26 heavy (non-hydrogen) atoms. The highest BCUT2D eigenvalue weighted by atomic mass is 16.7. The molecule has 1 unspecified atom stereocenters. The summed E-state index contributed by atoms with van der Waals surface area (Å²) in [6.45, 7) is 6.01. The van der Waals surface area contributed by atoms with Crippen LogP contribution in [0.15, 0.2) is 30.3 Å². The number of hydrogen-bond donors (Lipinski definition) is 1. The molecule has 0 saturated carbocycles. The van der Waals surface area contributed by atoms with E-state index < -0.39 is 30.1 Å². The summed E-state index contributed by atoms with van der Waals surface area (Å²) >= 11 is 0. The molecule has 1 N–H and O–H groups in total. The van der Waals surface area contributed by atoms with Crippen LogP contribution in [0.4, 0.5) is 4.79 Å². The summed E-state index contributed by atoms with van der Waals surface area (Å²) in [6, 6.07) is 9.10. The first-order valence-corrected chi connectivity index (χ1v) is 9.13. The largest absolute Gasteiger partial charge is 0.444 e. The lowest BCUT2D eigenvalue weighted by Crippen LogP contribution is -2.49. The number of benzene rings is 1. The van der Waals surface area contributed by atoms with Gasteiger partial charge in [-0.05, 0) is 52.0 Å². The minimum atomic E-state index is -0.814. The lowest BCUT2D eigenvalue weighted by atomic mass is 10.0. The number of hydrogen-bond acceptors (Lipinski definition) is 5. The molecular formula is C20H29NO5. The fraction of sp³-hybridized carbons (Fsp3) is 0.600. The van der Waals surface area contributed by atoms with Crippen LogP contribution in [-0.4, -0.2) is 43.0 Å². The Labute approximate surface area is 155 Å². The molecule has 1 amide bonds. The van der Waals surface area contributed by atoms with E-state index in [2.05, 4.69) is 5.32 Å². The number of alkyl carbamates (subject to hydrolysis) is 1. The summed E-state index contributed by atoms with van der Waals surface area (Å²) in [5.41, 5.74) is 0.374. The number of carbonyl (C=O) groups excluding carboxylic acids is 2. The lowest BCUT2D eigenvalue weighted by Gasteiger charge is -2.31. The molecule has 0 aliphatic carbocycles. The van der Waals surface area contributed by atoms with Crippen LogP contribution in [0, 0.1) is 0 Å². The number of aldehydes is 1. The summed E-state index contributed by atoms with van der Waals surface area (Å²) < 4.78 is 16.8. The van der Waals surface area contributed by atoms with Crippen molar-refractivity contribution >= 4 is 12.4 Å².